The molecule has 20 heavy (non-hydrogen) atoms. The predicted octanol–water partition coefficient (Wildman–Crippen LogP) is 1.20. The van der Waals surface area contributed by atoms with Crippen LogP contribution in [-0.4, -0.2) is 37.1 Å². The molecule has 0 fully saturated rings. The molecule has 1 N–H and O–H groups in total. The third-order valence-corrected chi connectivity index (χ3v) is 3.72. The van der Waals surface area contributed by atoms with Crippen molar-refractivity contribution < 1.29 is 0 Å². The van der Waals surface area contributed by atoms with Crippen LogP contribution in [0.4, 0.5) is 0 Å². The van der Waals surface area contributed by atoms with Gasteiger partial charge in [-0.25, -0.2) is 9.67 Å². The molecule has 0 aliphatic carbocycles. The van der Waals surface area contributed by atoms with Gasteiger partial charge in [-0.1, -0.05) is 13.8 Å². The van der Waals surface area contributed by atoms with Gasteiger partial charge < -0.3 is 5.32 Å². The number of hydrogen-bond donors (Lipinski definition) is 1. The van der Waals surface area contributed by atoms with Crippen molar-refractivity contribution in [3.63, 3.8) is 0 Å². The second kappa shape index (κ2) is 5.75. The van der Waals surface area contributed by atoms with Gasteiger partial charge in [0.1, 0.15) is 5.82 Å². The van der Waals surface area contributed by atoms with E-state index < -0.39 is 0 Å². The van der Waals surface area contributed by atoms with Gasteiger partial charge in [0.2, 0.25) is 0 Å². The van der Waals surface area contributed by atoms with E-state index in [1.54, 1.807) is 0 Å². The Morgan fingerprint density at radius 2 is 2.35 bits per heavy atom. The lowest BCUT2D eigenvalue weighted by Crippen LogP contribution is -2.39. The summed E-state index contributed by atoms with van der Waals surface area (Å²) in [7, 11) is 0. The molecule has 2 aromatic heterocycles. The zero-order valence-corrected chi connectivity index (χ0v) is 12.2. The molecule has 0 saturated carbocycles. The number of fused-ring (bicyclic) bond motifs is 1. The van der Waals surface area contributed by atoms with Gasteiger partial charge in [-0.05, 0) is 12.5 Å². The Hall–Kier alpha value is -1.69. The minimum Gasteiger partial charge on any atom is -0.310 e. The van der Waals surface area contributed by atoms with Crippen LogP contribution in [0.15, 0.2) is 18.5 Å². The highest BCUT2D eigenvalue weighted by Crippen LogP contribution is 2.16. The van der Waals surface area contributed by atoms with Crippen LogP contribution in [0.5, 0.6) is 0 Å². The van der Waals surface area contributed by atoms with Gasteiger partial charge >= 0.3 is 0 Å². The molecule has 108 valence electrons. The summed E-state index contributed by atoms with van der Waals surface area (Å²) in [6.07, 6.45) is 5.96. The quantitative estimate of drug-likeness (QED) is 0.890. The van der Waals surface area contributed by atoms with Crippen molar-refractivity contribution in [3.8, 4) is 0 Å². The molecular formula is C14H22N6. The molecule has 3 heterocycles. The average Bonchev–Trinajstić information content (AvgIpc) is 3.06. The number of nitrogens with one attached hydrogen (secondary N) is 1. The first-order chi connectivity index (χ1) is 9.72. The van der Waals surface area contributed by atoms with E-state index in [1.165, 1.54) is 0 Å². The summed E-state index contributed by atoms with van der Waals surface area (Å²) in [5.41, 5.74) is 0. The zero-order valence-electron chi connectivity index (χ0n) is 12.2. The summed E-state index contributed by atoms with van der Waals surface area (Å²) < 4.78 is 4.03. The summed E-state index contributed by atoms with van der Waals surface area (Å²) in [4.78, 5) is 4.62. The molecule has 0 amide bonds. The van der Waals surface area contributed by atoms with Crippen molar-refractivity contribution >= 4 is 0 Å². The van der Waals surface area contributed by atoms with Crippen LogP contribution in [0, 0.1) is 0 Å². The average molecular weight is 274 g/mol. The van der Waals surface area contributed by atoms with Crippen LogP contribution in [-0.2, 0) is 19.5 Å². The largest absolute Gasteiger partial charge is 0.310 e. The predicted molar refractivity (Wildman–Crippen MR) is 76.4 cm³/mol. The van der Waals surface area contributed by atoms with Crippen molar-refractivity contribution in [1.82, 2.24) is 29.9 Å². The molecule has 3 rings (SSSR count). The first-order valence-electron chi connectivity index (χ1n) is 7.37. The Bertz CT molecular complexity index is 542. The van der Waals surface area contributed by atoms with E-state index in [0.717, 1.165) is 44.1 Å². The Balaban J connectivity index is 1.53. The molecule has 0 aromatic carbocycles. The summed E-state index contributed by atoms with van der Waals surface area (Å²) in [6, 6.07) is 2.44. The Morgan fingerprint density at radius 1 is 1.45 bits per heavy atom. The lowest BCUT2D eigenvalue weighted by Gasteiger charge is -2.23. The van der Waals surface area contributed by atoms with E-state index in [4.69, 9.17) is 0 Å². The number of aryl methyl sites for hydroxylation is 1. The van der Waals surface area contributed by atoms with E-state index in [1.807, 2.05) is 23.1 Å². The highest BCUT2D eigenvalue weighted by Gasteiger charge is 2.21. The van der Waals surface area contributed by atoms with Gasteiger partial charge in [0.25, 0.3) is 0 Å². The van der Waals surface area contributed by atoms with Crippen LogP contribution < -0.4 is 5.32 Å². The van der Waals surface area contributed by atoms with Crippen molar-refractivity contribution in [2.75, 3.05) is 6.54 Å². The van der Waals surface area contributed by atoms with E-state index >= 15 is 0 Å². The molecule has 6 nitrogen and oxygen atoms in total. The third-order valence-electron chi connectivity index (χ3n) is 3.72. The molecule has 0 radical (unpaired) electrons. The number of nitrogens with zero attached hydrogens (tertiary/aromatic N) is 5. The van der Waals surface area contributed by atoms with Crippen molar-refractivity contribution in [1.29, 1.82) is 0 Å². The normalized spacial score (nSPS) is 18.4. The number of aromatic nitrogens is 5. The van der Waals surface area contributed by atoms with Gasteiger partial charge in [0, 0.05) is 37.3 Å². The maximum atomic E-state index is 4.62. The SMILES string of the molecule is CC(C)c1nc2n(n1)C[C@@H](NCCn1cccn1)CC2. The third kappa shape index (κ3) is 2.90. The summed E-state index contributed by atoms with van der Waals surface area (Å²) >= 11 is 0. The van der Waals surface area contributed by atoms with E-state index in [2.05, 4.69) is 39.0 Å². The molecule has 2 aromatic rings. The standard InChI is InChI=1S/C14H22N6/c1-11(2)14-17-13-5-4-12(10-20(13)18-14)15-7-9-19-8-3-6-16-19/h3,6,8,11-12,15H,4-5,7,9-10H2,1-2H3/t12-/m0/s1. The highest BCUT2D eigenvalue weighted by atomic mass is 15.4. The second-order valence-corrected chi connectivity index (χ2v) is 5.68. The number of hydrogen-bond acceptors (Lipinski definition) is 4. The summed E-state index contributed by atoms with van der Waals surface area (Å²) in [6.45, 7) is 7.05. The second-order valence-electron chi connectivity index (χ2n) is 5.68. The molecule has 0 unspecified atom stereocenters. The van der Waals surface area contributed by atoms with Gasteiger partial charge in [0.15, 0.2) is 5.82 Å². The first kappa shape index (κ1) is 13.3. The van der Waals surface area contributed by atoms with Crippen LogP contribution in [0.1, 0.15) is 37.8 Å². The van der Waals surface area contributed by atoms with Crippen LogP contribution >= 0.6 is 0 Å². The summed E-state index contributed by atoms with van der Waals surface area (Å²) in [5, 5.41) is 12.4. The maximum absolute atomic E-state index is 4.62. The zero-order chi connectivity index (χ0) is 13.9. The van der Waals surface area contributed by atoms with E-state index in [-0.39, 0.29) is 0 Å². The lowest BCUT2D eigenvalue weighted by atomic mass is 10.1. The Labute approximate surface area is 119 Å². The van der Waals surface area contributed by atoms with Gasteiger partial charge in [-0.3, -0.25) is 4.68 Å². The minimum atomic E-state index is 0.402. The van der Waals surface area contributed by atoms with Gasteiger partial charge in [-0.2, -0.15) is 10.2 Å². The van der Waals surface area contributed by atoms with Crippen LogP contribution in [0.2, 0.25) is 0 Å². The van der Waals surface area contributed by atoms with E-state index in [0.29, 0.717) is 12.0 Å². The van der Waals surface area contributed by atoms with Crippen LogP contribution in [0.25, 0.3) is 0 Å². The number of rotatable bonds is 5. The molecular weight excluding hydrogens is 252 g/mol. The van der Waals surface area contributed by atoms with Crippen molar-refractivity contribution in [2.24, 2.45) is 0 Å². The molecule has 0 saturated heterocycles. The minimum absolute atomic E-state index is 0.402. The van der Waals surface area contributed by atoms with E-state index in [9.17, 15) is 0 Å². The fourth-order valence-electron chi connectivity index (χ4n) is 2.56. The van der Waals surface area contributed by atoms with Crippen LogP contribution in [0.3, 0.4) is 0 Å². The fourth-order valence-corrected chi connectivity index (χ4v) is 2.56. The lowest BCUT2D eigenvalue weighted by molar-refractivity contribution is 0.351. The first-order valence-corrected chi connectivity index (χ1v) is 7.37. The Kier molecular flexibility index (Phi) is 3.82. The fraction of sp³-hybridized carbons (Fsp3) is 0.643. The molecule has 6 heteroatoms. The Morgan fingerprint density at radius 3 is 3.10 bits per heavy atom. The van der Waals surface area contributed by atoms with Crippen molar-refractivity contribution in [3.05, 3.63) is 30.1 Å². The monoisotopic (exact) mass is 274 g/mol. The topological polar surface area (TPSA) is 60.6 Å². The maximum Gasteiger partial charge on any atom is 0.153 e. The smallest absolute Gasteiger partial charge is 0.153 e. The van der Waals surface area contributed by atoms with Gasteiger partial charge in [0.05, 0.1) is 13.1 Å². The molecule has 1 aliphatic rings. The highest BCUT2D eigenvalue weighted by molar-refractivity contribution is 5.01. The van der Waals surface area contributed by atoms with Crippen molar-refractivity contribution in [2.45, 2.75) is 51.7 Å². The molecule has 1 aliphatic heterocycles. The molecule has 0 bridgehead atoms. The van der Waals surface area contributed by atoms with Gasteiger partial charge in [-0.15, -0.1) is 0 Å². The summed E-state index contributed by atoms with van der Waals surface area (Å²) in [5.74, 6) is 2.51. The molecule has 1 atom stereocenters. The molecule has 0 spiro atoms.